The summed E-state index contributed by atoms with van der Waals surface area (Å²) in [4.78, 5) is 19.6. The molecule has 0 spiro atoms. The van der Waals surface area contributed by atoms with Gasteiger partial charge in [0.05, 0.1) is 68.5 Å². The third-order valence-electron chi connectivity index (χ3n) is 8.76. The lowest BCUT2D eigenvalue weighted by Crippen LogP contribution is -2.36. The zero-order valence-corrected chi connectivity index (χ0v) is 29.9. The Morgan fingerprint density at radius 1 is 0.679 bits per heavy atom. The second-order valence-electron chi connectivity index (χ2n) is 12.3. The van der Waals surface area contributed by atoms with Crippen LogP contribution < -0.4 is 10.2 Å². The summed E-state index contributed by atoms with van der Waals surface area (Å²) in [6.45, 7) is 6.39. The van der Waals surface area contributed by atoms with E-state index < -0.39 is 23.3 Å². The van der Waals surface area contributed by atoms with Gasteiger partial charge in [-0.15, -0.1) is 0 Å². The number of ether oxygens (including phenoxy) is 1. The van der Waals surface area contributed by atoms with Crippen LogP contribution >= 0.6 is 23.2 Å². The van der Waals surface area contributed by atoms with Crippen molar-refractivity contribution in [1.82, 2.24) is 19.9 Å². The summed E-state index contributed by atoms with van der Waals surface area (Å²) in [5.41, 5.74) is 6.12. The molecule has 3 aromatic carbocycles. The molecular formula is C40H30Cl2F4N6O. The molecule has 7 nitrogen and oxygen atoms in total. The molecule has 0 radical (unpaired) electrons. The maximum atomic E-state index is 15.0. The van der Waals surface area contributed by atoms with Crippen LogP contribution in [0.25, 0.3) is 44.6 Å². The van der Waals surface area contributed by atoms with E-state index in [1.165, 1.54) is 6.07 Å². The van der Waals surface area contributed by atoms with Crippen molar-refractivity contribution in [3.63, 3.8) is 0 Å². The number of nitrogens with one attached hydrogen (secondary N) is 1. The number of anilines is 3. The molecule has 0 aliphatic carbocycles. The Labute approximate surface area is 312 Å². The Kier molecular flexibility index (Phi) is 10.4. The van der Waals surface area contributed by atoms with E-state index in [-0.39, 0.29) is 26.8 Å². The van der Waals surface area contributed by atoms with Crippen LogP contribution in [0.4, 0.5) is 34.6 Å². The van der Waals surface area contributed by atoms with E-state index in [1.54, 1.807) is 43.6 Å². The fourth-order valence-electron chi connectivity index (χ4n) is 6.22. The molecule has 0 bridgehead atoms. The molecule has 4 aromatic heterocycles. The molecule has 53 heavy (non-hydrogen) atoms. The molecule has 8 rings (SSSR count). The standard InChI is InChI=1S/C25H21ClF2N4O.C15H9ClF2N2/c1-15-24(21-4-2-3-5-29-21)31-22-13-17(27)12-20(28)23(22)25(15)30-18-10-16(26)11-19(14-18)32-6-8-33-9-7-32;1-8-14(16)13-10(18)6-9(17)7-12(13)20-15(8)11-4-2-3-5-19-11/h2-5,10-14H,6-9H2,1H3,(H,30,31);2-7H,1H3. The highest BCUT2D eigenvalue weighted by molar-refractivity contribution is 6.36. The molecule has 0 atom stereocenters. The van der Waals surface area contributed by atoms with Gasteiger partial charge >= 0.3 is 0 Å². The Morgan fingerprint density at radius 3 is 1.83 bits per heavy atom. The van der Waals surface area contributed by atoms with Gasteiger partial charge in [0.15, 0.2) is 0 Å². The number of pyridine rings is 4. The lowest BCUT2D eigenvalue weighted by Gasteiger charge is -2.29. The summed E-state index contributed by atoms with van der Waals surface area (Å²) in [7, 11) is 0. The monoisotopic (exact) mass is 756 g/mol. The summed E-state index contributed by atoms with van der Waals surface area (Å²) in [5, 5.41) is 4.45. The summed E-state index contributed by atoms with van der Waals surface area (Å²) in [6.07, 6.45) is 3.28. The second kappa shape index (κ2) is 15.3. The third-order valence-corrected chi connectivity index (χ3v) is 9.45. The number of halogens is 6. The van der Waals surface area contributed by atoms with Gasteiger partial charge in [0.2, 0.25) is 0 Å². The molecule has 268 valence electrons. The van der Waals surface area contributed by atoms with Gasteiger partial charge in [0, 0.05) is 71.7 Å². The minimum atomic E-state index is -0.715. The maximum Gasteiger partial charge on any atom is 0.137 e. The number of hydrogen-bond acceptors (Lipinski definition) is 7. The fraction of sp³-hybridized carbons (Fsp3) is 0.150. The zero-order chi connectivity index (χ0) is 37.2. The molecule has 0 unspecified atom stereocenters. The molecular weight excluding hydrogens is 727 g/mol. The summed E-state index contributed by atoms with van der Waals surface area (Å²) in [5.74, 6) is -2.78. The number of rotatable bonds is 5. The van der Waals surface area contributed by atoms with Crippen molar-refractivity contribution < 1.29 is 22.3 Å². The maximum absolute atomic E-state index is 15.0. The molecule has 7 aromatic rings. The van der Waals surface area contributed by atoms with Gasteiger partial charge in [-0.05, 0) is 61.9 Å². The van der Waals surface area contributed by atoms with Gasteiger partial charge in [0.1, 0.15) is 23.3 Å². The predicted octanol–water partition coefficient (Wildman–Crippen LogP) is 10.7. The van der Waals surface area contributed by atoms with Crippen molar-refractivity contribution >= 4 is 62.1 Å². The van der Waals surface area contributed by atoms with E-state index >= 15 is 0 Å². The van der Waals surface area contributed by atoms with Gasteiger partial charge < -0.3 is 15.0 Å². The van der Waals surface area contributed by atoms with Crippen molar-refractivity contribution in [1.29, 1.82) is 0 Å². The SMILES string of the molecule is Cc1c(-c2ccccn2)nc2cc(F)cc(F)c2c1Cl.Cc1c(-c2ccccn2)nc2cc(F)cc(F)c2c1Nc1cc(Cl)cc(N2CCOCC2)c1. The molecule has 1 aliphatic heterocycles. The molecule has 0 amide bonds. The van der Waals surface area contributed by atoms with Crippen LogP contribution in [0.15, 0.2) is 91.3 Å². The first kappa shape index (κ1) is 36.0. The van der Waals surface area contributed by atoms with Crippen molar-refractivity contribution in [3.8, 4) is 22.8 Å². The number of benzene rings is 3. The molecule has 1 aliphatic rings. The van der Waals surface area contributed by atoms with Crippen LogP contribution in [0.3, 0.4) is 0 Å². The zero-order valence-electron chi connectivity index (χ0n) is 28.4. The van der Waals surface area contributed by atoms with E-state index in [1.807, 2.05) is 37.3 Å². The van der Waals surface area contributed by atoms with Crippen molar-refractivity contribution in [2.24, 2.45) is 0 Å². The Hall–Kier alpha value is -5.36. The smallest absolute Gasteiger partial charge is 0.137 e. The van der Waals surface area contributed by atoms with E-state index in [2.05, 4.69) is 30.2 Å². The normalized spacial score (nSPS) is 12.9. The first-order valence-corrected chi connectivity index (χ1v) is 17.3. The summed E-state index contributed by atoms with van der Waals surface area (Å²) in [6, 6.07) is 20.5. The minimum Gasteiger partial charge on any atom is -0.378 e. The van der Waals surface area contributed by atoms with E-state index in [4.69, 9.17) is 27.9 Å². The van der Waals surface area contributed by atoms with E-state index in [0.717, 1.165) is 37.0 Å². The van der Waals surface area contributed by atoms with Gasteiger partial charge in [-0.25, -0.2) is 27.5 Å². The van der Waals surface area contributed by atoms with Gasteiger partial charge in [-0.2, -0.15) is 0 Å². The van der Waals surface area contributed by atoms with E-state index in [9.17, 15) is 17.6 Å². The molecule has 1 saturated heterocycles. The Morgan fingerprint density at radius 2 is 1.25 bits per heavy atom. The van der Waals surface area contributed by atoms with Gasteiger partial charge in [-0.3, -0.25) is 9.97 Å². The molecule has 1 N–H and O–H groups in total. The first-order chi connectivity index (χ1) is 25.6. The average molecular weight is 758 g/mol. The average Bonchev–Trinajstić information content (AvgIpc) is 3.15. The van der Waals surface area contributed by atoms with Gasteiger partial charge in [-0.1, -0.05) is 35.3 Å². The number of nitrogens with zero attached hydrogens (tertiary/aromatic N) is 5. The lowest BCUT2D eigenvalue weighted by molar-refractivity contribution is 0.122. The molecule has 13 heteroatoms. The molecule has 5 heterocycles. The number of fused-ring (bicyclic) bond motifs is 2. The third kappa shape index (κ3) is 7.59. The van der Waals surface area contributed by atoms with E-state index in [0.29, 0.717) is 63.5 Å². The number of morpholine rings is 1. The van der Waals surface area contributed by atoms with Crippen LogP contribution in [0.2, 0.25) is 10.0 Å². The number of hydrogen-bond donors (Lipinski definition) is 1. The van der Waals surface area contributed by atoms with Crippen molar-refractivity contribution in [2.75, 3.05) is 36.5 Å². The topological polar surface area (TPSA) is 76.1 Å². The first-order valence-electron chi connectivity index (χ1n) is 16.5. The quantitative estimate of drug-likeness (QED) is 0.175. The highest BCUT2D eigenvalue weighted by Gasteiger charge is 2.20. The lowest BCUT2D eigenvalue weighted by atomic mass is 10.0. The van der Waals surface area contributed by atoms with Gasteiger partial charge in [0.25, 0.3) is 0 Å². The molecule has 1 fully saturated rings. The highest BCUT2D eigenvalue weighted by Crippen LogP contribution is 2.38. The van der Waals surface area contributed by atoms with Crippen LogP contribution in [0, 0.1) is 37.1 Å². The van der Waals surface area contributed by atoms with Crippen LogP contribution in [0.5, 0.6) is 0 Å². The number of aromatic nitrogens is 4. The predicted molar refractivity (Wildman–Crippen MR) is 202 cm³/mol. The summed E-state index contributed by atoms with van der Waals surface area (Å²) < 4.78 is 61.7. The van der Waals surface area contributed by atoms with Crippen molar-refractivity contribution in [3.05, 3.63) is 136 Å². The Balaban J connectivity index is 0.000000186. The second-order valence-corrected chi connectivity index (χ2v) is 13.1. The van der Waals surface area contributed by atoms with Crippen LogP contribution in [-0.2, 0) is 4.74 Å². The fourth-order valence-corrected chi connectivity index (χ4v) is 6.73. The minimum absolute atomic E-state index is 0.130. The highest BCUT2D eigenvalue weighted by atomic mass is 35.5. The van der Waals surface area contributed by atoms with Crippen molar-refractivity contribution in [2.45, 2.75) is 13.8 Å². The summed E-state index contributed by atoms with van der Waals surface area (Å²) >= 11 is 12.6. The van der Waals surface area contributed by atoms with Crippen LogP contribution in [0.1, 0.15) is 11.1 Å². The van der Waals surface area contributed by atoms with Crippen LogP contribution in [-0.4, -0.2) is 46.2 Å². The largest absolute Gasteiger partial charge is 0.378 e. The molecule has 0 saturated carbocycles. The Bertz CT molecular complexity index is 2470.